The highest BCUT2D eigenvalue weighted by Crippen LogP contribution is 2.48. The quantitative estimate of drug-likeness (QED) is 0.703. The Morgan fingerprint density at radius 3 is 2.93 bits per heavy atom. The third-order valence-electron chi connectivity index (χ3n) is 5.97. The van der Waals surface area contributed by atoms with Gasteiger partial charge >= 0.3 is 0 Å². The maximum Gasteiger partial charge on any atom is 0.246 e. The van der Waals surface area contributed by atoms with Crippen molar-refractivity contribution in [1.82, 2.24) is 20.1 Å². The van der Waals surface area contributed by atoms with Crippen LogP contribution < -0.4 is 0 Å². The molecule has 1 saturated heterocycles. The molecule has 0 radical (unpaired) electrons. The predicted octanol–water partition coefficient (Wildman–Crippen LogP) is 3.22. The van der Waals surface area contributed by atoms with Crippen LogP contribution in [-0.2, 0) is 4.79 Å². The van der Waals surface area contributed by atoms with E-state index in [9.17, 15) is 9.90 Å². The molecule has 2 aliphatic rings. The number of H-pyrrole nitrogens is 1. The molecule has 136 valence electrons. The van der Waals surface area contributed by atoms with Gasteiger partial charge in [-0.05, 0) is 49.1 Å². The van der Waals surface area contributed by atoms with Crippen molar-refractivity contribution in [3.8, 4) is 17.0 Å². The summed E-state index contributed by atoms with van der Waals surface area (Å²) in [5, 5.41) is 19.6. The third kappa shape index (κ3) is 2.44. The molecular formula is C21H20N4O2. The summed E-state index contributed by atoms with van der Waals surface area (Å²) in [4.78, 5) is 17.4. The molecule has 2 aromatic heterocycles. The van der Waals surface area contributed by atoms with Crippen molar-refractivity contribution in [2.75, 3.05) is 6.54 Å². The fraction of sp³-hybridized carbons (Fsp3) is 0.286. The van der Waals surface area contributed by atoms with Crippen LogP contribution >= 0.6 is 0 Å². The molecule has 27 heavy (non-hydrogen) atoms. The number of benzene rings is 1. The highest BCUT2D eigenvalue weighted by atomic mass is 16.3. The van der Waals surface area contributed by atoms with E-state index < -0.39 is 0 Å². The van der Waals surface area contributed by atoms with Crippen LogP contribution in [0.1, 0.15) is 24.5 Å². The summed E-state index contributed by atoms with van der Waals surface area (Å²) in [6.07, 6.45) is 3.60. The minimum Gasteiger partial charge on any atom is -0.507 e. The number of fused-ring (bicyclic) bond motifs is 2. The van der Waals surface area contributed by atoms with Crippen LogP contribution in [0, 0.1) is 5.92 Å². The number of nitrogens with one attached hydrogen (secondary N) is 1. The molecule has 1 aromatic carbocycles. The maximum absolute atomic E-state index is 12.1. The molecule has 1 aliphatic carbocycles. The third-order valence-corrected chi connectivity index (χ3v) is 5.97. The Labute approximate surface area is 156 Å². The Morgan fingerprint density at radius 2 is 2.11 bits per heavy atom. The smallest absolute Gasteiger partial charge is 0.246 e. The fourth-order valence-electron chi connectivity index (χ4n) is 4.64. The van der Waals surface area contributed by atoms with Gasteiger partial charge in [0.15, 0.2) is 5.65 Å². The second-order valence-corrected chi connectivity index (χ2v) is 7.40. The lowest BCUT2D eigenvalue weighted by molar-refractivity contribution is -0.137. The van der Waals surface area contributed by atoms with E-state index in [-0.39, 0.29) is 23.6 Å². The highest BCUT2D eigenvalue weighted by molar-refractivity contribution is 5.88. The summed E-state index contributed by atoms with van der Waals surface area (Å²) in [6, 6.07) is 11.4. The Bertz CT molecular complexity index is 1060. The first-order valence-electron chi connectivity index (χ1n) is 9.23. The molecule has 6 nitrogen and oxygen atoms in total. The predicted molar refractivity (Wildman–Crippen MR) is 102 cm³/mol. The van der Waals surface area contributed by atoms with Crippen LogP contribution in [0.5, 0.6) is 5.75 Å². The monoisotopic (exact) mass is 360 g/mol. The summed E-state index contributed by atoms with van der Waals surface area (Å²) < 4.78 is 0. The molecule has 1 aliphatic heterocycles. The SMILES string of the molecule is C=CC(=O)N1C[C@@H]2CC[C@@H](c3cc4cc(-c5ccccc5O)nnc4[nH]3)[C@@H]21. The van der Waals surface area contributed by atoms with Gasteiger partial charge in [0.2, 0.25) is 5.91 Å². The zero-order valence-electron chi connectivity index (χ0n) is 14.8. The van der Waals surface area contributed by atoms with E-state index in [0.29, 0.717) is 17.2 Å². The van der Waals surface area contributed by atoms with Gasteiger partial charge in [0.25, 0.3) is 0 Å². The van der Waals surface area contributed by atoms with Crippen molar-refractivity contribution in [3.05, 3.63) is 54.7 Å². The van der Waals surface area contributed by atoms with Crippen molar-refractivity contribution in [2.24, 2.45) is 5.92 Å². The molecule has 0 spiro atoms. The van der Waals surface area contributed by atoms with Gasteiger partial charge in [0.05, 0.1) is 5.69 Å². The van der Waals surface area contributed by atoms with Crippen molar-refractivity contribution in [1.29, 1.82) is 0 Å². The van der Waals surface area contributed by atoms with E-state index in [1.807, 2.05) is 23.1 Å². The van der Waals surface area contributed by atoms with Crippen LogP contribution in [0.2, 0.25) is 0 Å². The first kappa shape index (κ1) is 16.1. The average molecular weight is 360 g/mol. The topological polar surface area (TPSA) is 82.1 Å². The van der Waals surface area contributed by atoms with E-state index in [2.05, 4.69) is 27.8 Å². The molecule has 2 N–H and O–H groups in total. The molecule has 3 heterocycles. The van der Waals surface area contributed by atoms with Gasteiger partial charge in [0, 0.05) is 35.1 Å². The molecule has 0 unspecified atom stereocenters. The molecule has 5 rings (SSSR count). The van der Waals surface area contributed by atoms with Crippen LogP contribution in [-0.4, -0.2) is 43.7 Å². The lowest BCUT2D eigenvalue weighted by Gasteiger charge is -2.46. The van der Waals surface area contributed by atoms with Gasteiger partial charge in [-0.25, -0.2) is 0 Å². The van der Waals surface area contributed by atoms with Crippen LogP contribution in [0.25, 0.3) is 22.3 Å². The Hall–Kier alpha value is -3.15. The number of hydrogen-bond donors (Lipinski definition) is 2. The molecule has 1 saturated carbocycles. The van der Waals surface area contributed by atoms with Crippen molar-refractivity contribution >= 4 is 16.9 Å². The summed E-state index contributed by atoms with van der Waals surface area (Å²) in [5.41, 5.74) is 3.14. The number of para-hydroxylation sites is 1. The Morgan fingerprint density at radius 1 is 1.26 bits per heavy atom. The Balaban J connectivity index is 1.49. The number of likely N-dealkylation sites (tertiary alicyclic amines) is 1. The van der Waals surface area contributed by atoms with Crippen molar-refractivity contribution in [3.63, 3.8) is 0 Å². The minimum absolute atomic E-state index is 0.0147. The van der Waals surface area contributed by atoms with E-state index in [1.54, 1.807) is 12.1 Å². The standard InChI is InChI=1S/C21H20N4O2/c1-2-19(27)25-11-12-7-8-15(20(12)25)16-9-13-10-17(23-24-21(13)22-16)14-5-3-4-6-18(14)26/h2-6,9-10,12,15,20,26H,1,7-8,11H2,(H,22,24)/t12-,15-,20+/m0/s1. The summed E-state index contributed by atoms with van der Waals surface area (Å²) in [7, 11) is 0. The second-order valence-electron chi connectivity index (χ2n) is 7.40. The number of aromatic hydroxyl groups is 1. The number of carbonyl (C=O) groups is 1. The summed E-state index contributed by atoms with van der Waals surface area (Å²) in [5.74, 6) is 1.07. The largest absolute Gasteiger partial charge is 0.507 e. The van der Waals surface area contributed by atoms with Gasteiger partial charge in [-0.15, -0.1) is 10.2 Å². The number of amides is 1. The van der Waals surface area contributed by atoms with E-state index in [4.69, 9.17) is 0 Å². The Kier molecular flexibility index (Phi) is 3.53. The van der Waals surface area contributed by atoms with Crippen LogP contribution in [0.15, 0.2) is 49.1 Å². The number of rotatable bonds is 3. The van der Waals surface area contributed by atoms with Gasteiger partial charge in [-0.1, -0.05) is 18.7 Å². The van der Waals surface area contributed by atoms with Gasteiger partial charge < -0.3 is 15.0 Å². The molecule has 6 heteroatoms. The normalized spacial score (nSPS) is 23.9. The maximum atomic E-state index is 12.1. The minimum atomic E-state index is 0.0147. The number of hydrogen-bond acceptors (Lipinski definition) is 4. The number of aromatic amines is 1. The van der Waals surface area contributed by atoms with Crippen LogP contribution in [0.3, 0.4) is 0 Å². The average Bonchev–Trinajstić information content (AvgIpc) is 3.22. The highest BCUT2D eigenvalue weighted by Gasteiger charge is 2.50. The molecule has 1 amide bonds. The lowest BCUT2D eigenvalue weighted by Crippen LogP contribution is -2.57. The number of aromatic nitrogens is 3. The molecule has 2 fully saturated rings. The van der Waals surface area contributed by atoms with E-state index in [0.717, 1.165) is 36.1 Å². The zero-order chi connectivity index (χ0) is 18.5. The van der Waals surface area contributed by atoms with Crippen LogP contribution in [0.4, 0.5) is 0 Å². The molecule has 0 bridgehead atoms. The lowest BCUT2D eigenvalue weighted by atomic mass is 9.85. The van der Waals surface area contributed by atoms with Crippen molar-refractivity contribution in [2.45, 2.75) is 24.8 Å². The number of carbonyl (C=O) groups excluding carboxylic acids is 1. The van der Waals surface area contributed by atoms with Gasteiger partial charge in [-0.2, -0.15) is 0 Å². The van der Waals surface area contributed by atoms with E-state index >= 15 is 0 Å². The number of phenols is 1. The van der Waals surface area contributed by atoms with Crippen molar-refractivity contribution < 1.29 is 9.90 Å². The van der Waals surface area contributed by atoms with E-state index in [1.165, 1.54) is 6.08 Å². The molecule has 3 aromatic rings. The van der Waals surface area contributed by atoms with Gasteiger partial charge in [0.1, 0.15) is 5.75 Å². The summed E-state index contributed by atoms with van der Waals surface area (Å²) in [6.45, 7) is 4.45. The molecule has 3 atom stereocenters. The number of nitrogens with zero attached hydrogens (tertiary/aromatic N) is 3. The second kappa shape index (κ2) is 5.94. The zero-order valence-corrected chi connectivity index (χ0v) is 14.8. The first-order chi connectivity index (χ1) is 13.2. The van der Waals surface area contributed by atoms with Gasteiger partial charge in [-0.3, -0.25) is 4.79 Å². The summed E-state index contributed by atoms with van der Waals surface area (Å²) >= 11 is 0. The first-order valence-corrected chi connectivity index (χ1v) is 9.23. The molecular weight excluding hydrogens is 340 g/mol. The number of phenolic OH excluding ortho intramolecular Hbond substituents is 1. The fourth-order valence-corrected chi connectivity index (χ4v) is 4.64.